The van der Waals surface area contributed by atoms with Gasteiger partial charge in [-0.3, -0.25) is 5.10 Å². The van der Waals surface area contributed by atoms with Crippen LogP contribution >= 0.6 is 23.2 Å². The quantitative estimate of drug-likeness (QED) is 0.644. The number of fused-ring (bicyclic) bond motifs is 1. The molecule has 0 amide bonds. The molecule has 1 aromatic carbocycles. The fraction of sp³-hybridized carbons (Fsp3) is 0. The van der Waals surface area contributed by atoms with Gasteiger partial charge in [0.2, 0.25) is 0 Å². The fourth-order valence-electron chi connectivity index (χ4n) is 1.08. The molecule has 2 rings (SSSR count). The first kappa shape index (κ1) is 7.71. The van der Waals surface area contributed by atoms with Crippen molar-refractivity contribution in [3.8, 4) is 0 Å². The molecule has 0 spiro atoms. The number of nitrogens with one attached hydrogen (secondary N) is 1. The average molecular weight is 202 g/mol. The first-order valence-electron chi connectivity index (χ1n) is 3.27. The van der Waals surface area contributed by atoms with Crippen LogP contribution < -0.4 is 5.73 Å². The molecular weight excluding hydrogens is 197 g/mol. The van der Waals surface area contributed by atoms with Crippen LogP contribution in [0.3, 0.4) is 0 Å². The second kappa shape index (κ2) is 2.54. The van der Waals surface area contributed by atoms with Gasteiger partial charge < -0.3 is 5.73 Å². The maximum atomic E-state index is 5.78. The SMILES string of the molecule is Nc1cc(Cl)cc2c(Cl)[nH]nc12. The minimum absolute atomic E-state index is 0.458. The van der Waals surface area contributed by atoms with E-state index in [0.717, 1.165) is 5.39 Å². The van der Waals surface area contributed by atoms with Crippen molar-refractivity contribution in [1.29, 1.82) is 0 Å². The van der Waals surface area contributed by atoms with E-state index in [2.05, 4.69) is 10.2 Å². The molecule has 0 aliphatic rings. The van der Waals surface area contributed by atoms with E-state index in [4.69, 9.17) is 28.9 Å². The Kier molecular flexibility index (Phi) is 1.63. The van der Waals surface area contributed by atoms with Crippen molar-refractivity contribution in [2.45, 2.75) is 0 Å². The largest absolute Gasteiger partial charge is 0.397 e. The molecule has 5 heteroatoms. The van der Waals surface area contributed by atoms with E-state index in [1.165, 1.54) is 0 Å². The van der Waals surface area contributed by atoms with E-state index in [1.807, 2.05) is 0 Å². The molecule has 2 aromatic rings. The third-order valence-corrected chi connectivity index (χ3v) is 2.11. The fourth-order valence-corrected chi connectivity index (χ4v) is 1.49. The molecule has 12 heavy (non-hydrogen) atoms. The van der Waals surface area contributed by atoms with Gasteiger partial charge in [-0.2, -0.15) is 5.10 Å². The molecule has 0 unspecified atom stereocenters. The highest BCUT2D eigenvalue weighted by Gasteiger charge is 2.06. The summed E-state index contributed by atoms with van der Waals surface area (Å²) < 4.78 is 0. The predicted molar refractivity (Wildman–Crippen MR) is 50.5 cm³/mol. The first-order valence-corrected chi connectivity index (χ1v) is 4.02. The molecule has 0 atom stereocenters. The van der Waals surface area contributed by atoms with Crippen molar-refractivity contribution < 1.29 is 0 Å². The van der Waals surface area contributed by atoms with Gasteiger partial charge in [-0.25, -0.2) is 0 Å². The molecule has 0 bridgehead atoms. The summed E-state index contributed by atoms with van der Waals surface area (Å²) in [6.45, 7) is 0. The van der Waals surface area contributed by atoms with E-state index < -0.39 is 0 Å². The number of aromatic nitrogens is 2. The van der Waals surface area contributed by atoms with Crippen LogP contribution in [0, 0.1) is 0 Å². The Morgan fingerprint density at radius 1 is 1.33 bits per heavy atom. The molecule has 62 valence electrons. The number of nitrogens with zero attached hydrogens (tertiary/aromatic N) is 1. The lowest BCUT2D eigenvalue weighted by Gasteiger charge is -1.95. The van der Waals surface area contributed by atoms with Crippen molar-refractivity contribution in [3.63, 3.8) is 0 Å². The molecular formula is C7H5Cl2N3. The molecule has 0 saturated carbocycles. The summed E-state index contributed by atoms with van der Waals surface area (Å²) >= 11 is 11.6. The normalized spacial score (nSPS) is 10.8. The van der Waals surface area contributed by atoms with Crippen LogP contribution in [0.4, 0.5) is 5.69 Å². The van der Waals surface area contributed by atoms with Crippen LogP contribution in [0.1, 0.15) is 0 Å². The van der Waals surface area contributed by atoms with Crippen LogP contribution in [0.2, 0.25) is 10.2 Å². The van der Waals surface area contributed by atoms with Gasteiger partial charge in [-0.1, -0.05) is 23.2 Å². The van der Waals surface area contributed by atoms with E-state index in [0.29, 0.717) is 21.4 Å². The van der Waals surface area contributed by atoms with E-state index >= 15 is 0 Å². The zero-order valence-electron chi connectivity index (χ0n) is 5.94. The summed E-state index contributed by atoms with van der Waals surface area (Å²) in [5.74, 6) is 0. The number of anilines is 1. The standard InChI is InChI=1S/C7H5Cl2N3/c8-3-1-4-6(5(10)2-3)11-12-7(4)9/h1-2H,10H2,(H,11,12). The van der Waals surface area contributed by atoms with Gasteiger partial charge in [-0.05, 0) is 12.1 Å². The summed E-state index contributed by atoms with van der Waals surface area (Å²) in [4.78, 5) is 0. The first-order chi connectivity index (χ1) is 5.68. The van der Waals surface area contributed by atoms with Crippen LogP contribution in [-0.2, 0) is 0 Å². The maximum Gasteiger partial charge on any atom is 0.132 e. The number of nitrogens with two attached hydrogens (primary N) is 1. The summed E-state index contributed by atoms with van der Waals surface area (Å²) in [6.07, 6.45) is 0. The molecule has 3 N–H and O–H groups in total. The third kappa shape index (κ3) is 1.02. The van der Waals surface area contributed by atoms with Crippen LogP contribution in [0.25, 0.3) is 10.9 Å². The van der Waals surface area contributed by atoms with Crippen molar-refractivity contribution in [3.05, 3.63) is 22.3 Å². The number of benzene rings is 1. The van der Waals surface area contributed by atoms with E-state index in [9.17, 15) is 0 Å². The maximum absolute atomic E-state index is 5.78. The number of hydrogen-bond acceptors (Lipinski definition) is 2. The minimum Gasteiger partial charge on any atom is -0.397 e. The number of rotatable bonds is 0. The van der Waals surface area contributed by atoms with Crippen molar-refractivity contribution in [1.82, 2.24) is 10.2 Å². The molecule has 0 saturated heterocycles. The smallest absolute Gasteiger partial charge is 0.132 e. The highest BCUT2D eigenvalue weighted by atomic mass is 35.5. The van der Waals surface area contributed by atoms with Gasteiger partial charge in [0.1, 0.15) is 10.7 Å². The number of nitrogen functional groups attached to an aromatic ring is 1. The van der Waals surface area contributed by atoms with Gasteiger partial charge in [-0.15, -0.1) is 0 Å². The highest BCUT2D eigenvalue weighted by Crippen LogP contribution is 2.28. The van der Waals surface area contributed by atoms with Crippen LogP contribution in [-0.4, -0.2) is 10.2 Å². The Morgan fingerprint density at radius 2 is 2.08 bits per heavy atom. The topological polar surface area (TPSA) is 54.7 Å². The summed E-state index contributed by atoms with van der Waals surface area (Å²) in [6, 6.07) is 3.36. The van der Waals surface area contributed by atoms with Crippen molar-refractivity contribution in [2.75, 3.05) is 5.73 Å². The molecule has 0 radical (unpaired) electrons. The zero-order chi connectivity index (χ0) is 8.72. The Labute approximate surface area is 78.5 Å². The summed E-state index contributed by atoms with van der Waals surface area (Å²) in [5.41, 5.74) is 6.83. The van der Waals surface area contributed by atoms with Gasteiger partial charge >= 0.3 is 0 Å². The molecule has 0 aliphatic carbocycles. The Balaban J connectivity index is 2.92. The van der Waals surface area contributed by atoms with Gasteiger partial charge in [0.25, 0.3) is 0 Å². The lowest BCUT2D eigenvalue weighted by atomic mass is 10.2. The van der Waals surface area contributed by atoms with Crippen molar-refractivity contribution >= 4 is 39.8 Å². The lowest BCUT2D eigenvalue weighted by molar-refractivity contribution is 1.12. The Hall–Kier alpha value is -0.930. The zero-order valence-corrected chi connectivity index (χ0v) is 7.45. The van der Waals surface area contributed by atoms with Crippen LogP contribution in [0.15, 0.2) is 12.1 Å². The summed E-state index contributed by atoms with van der Waals surface area (Å²) in [7, 11) is 0. The Bertz CT molecular complexity index is 435. The number of H-pyrrole nitrogens is 1. The van der Waals surface area contributed by atoms with E-state index in [1.54, 1.807) is 12.1 Å². The molecule has 1 heterocycles. The molecule has 0 fully saturated rings. The van der Waals surface area contributed by atoms with Gasteiger partial charge in [0.05, 0.1) is 5.69 Å². The monoisotopic (exact) mass is 201 g/mol. The Morgan fingerprint density at radius 3 is 2.83 bits per heavy atom. The van der Waals surface area contributed by atoms with Crippen molar-refractivity contribution in [2.24, 2.45) is 0 Å². The minimum atomic E-state index is 0.458. The number of halogens is 2. The van der Waals surface area contributed by atoms with Crippen LogP contribution in [0.5, 0.6) is 0 Å². The van der Waals surface area contributed by atoms with Gasteiger partial charge in [0.15, 0.2) is 0 Å². The number of hydrogen-bond donors (Lipinski definition) is 2. The summed E-state index contributed by atoms with van der Waals surface area (Å²) in [5, 5.41) is 8.31. The molecule has 3 nitrogen and oxygen atoms in total. The molecule has 0 aliphatic heterocycles. The van der Waals surface area contributed by atoms with E-state index in [-0.39, 0.29) is 0 Å². The average Bonchev–Trinajstić information content (AvgIpc) is 2.33. The lowest BCUT2D eigenvalue weighted by Crippen LogP contribution is -1.85. The predicted octanol–water partition coefficient (Wildman–Crippen LogP) is 2.45. The second-order valence-electron chi connectivity index (χ2n) is 2.43. The third-order valence-electron chi connectivity index (χ3n) is 1.61. The second-order valence-corrected chi connectivity index (χ2v) is 3.24. The number of aromatic amines is 1. The molecule has 1 aromatic heterocycles. The van der Waals surface area contributed by atoms with Gasteiger partial charge in [0, 0.05) is 10.4 Å². The highest BCUT2D eigenvalue weighted by molar-refractivity contribution is 6.36.